The van der Waals surface area contributed by atoms with E-state index in [1.165, 1.54) is 23.8 Å². The summed E-state index contributed by atoms with van der Waals surface area (Å²) in [6, 6.07) is 13.6. The molecule has 1 amide bonds. The summed E-state index contributed by atoms with van der Waals surface area (Å²) in [6.07, 6.45) is 2.04. The predicted octanol–water partition coefficient (Wildman–Crippen LogP) is 4.33. The van der Waals surface area contributed by atoms with Gasteiger partial charge in [0.25, 0.3) is 5.91 Å². The first-order valence-corrected chi connectivity index (χ1v) is 9.61. The van der Waals surface area contributed by atoms with E-state index in [9.17, 15) is 9.18 Å². The standard InChI is InChI=1S/C22H26FN3O2/c1-15(2)16-8-10-19(11-9-16)25-22(24-14-20-7-4-12-28-20)26-21(27)17-5-3-6-18(23)13-17/h3,5-6,8-11,13,15,20H,4,7,12,14H2,1-2H3,(H2,24,25,26,27)/t20-/m1/s1. The second kappa shape index (κ2) is 9.46. The van der Waals surface area contributed by atoms with Crippen LogP contribution in [0.1, 0.15) is 48.5 Å². The Hall–Kier alpha value is -2.73. The smallest absolute Gasteiger partial charge is 0.258 e. The summed E-state index contributed by atoms with van der Waals surface area (Å²) in [4.78, 5) is 17.0. The Morgan fingerprint density at radius 1 is 1.25 bits per heavy atom. The van der Waals surface area contributed by atoms with Gasteiger partial charge in [-0.1, -0.05) is 32.0 Å². The van der Waals surface area contributed by atoms with Crippen molar-refractivity contribution in [3.05, 3.63) is 65.5 Å². The SMILES string of the molecule is CC(C)c1ccc(NC(=NC[C@H]2CCCO2)NC(=O)c2cccc(F)c2)cc1. The van der Waals surface area contributed by atoms with Crippen molar-refractivity contribution in [3.63, 3.8) is 0 Å². The number of rotatable bonds is 5. The molecule has 3 rings (SSSR count). The minimum absolute atomic E-state index is 0.0613. The summed E-state index contributed by atoms with van der Waals surface area (Å²) >= 11 is 0. The molecule has 1 aliphatic rings. The zero-order valence-electron chi connectivity index (χ0n) is 16.2. The van der Waals surface area contributed by atoms with Gasteiger partial charge >= 0.3 is 0 Å². The zero-order chi connectivity index (χ0) is 19.9. The van der Waals surface area contributed by atoms with Crippen LogP contribution in [-0.4, -0.2) is 31.1 Å². The Bertz CT molecular complexity index is 828. The Labute approximate surface area is 165 Å². The minimum Gasteiger partial charge on any atom is -0.376 e. The number of amides is 1. The van der Waals surface area contributed by atoms with E-state index in [-0.39, 0.29) is 11.7 Å². The molecule has 0 spiro atoms. The van der Waals surface area contributed by atoms with Crippen LogP contribution in [0.4, 0.5) is 10.1 Å². The quantitative estimate of drug-likeness (QED) is 0.597. The van der Waals surface area contributed by atoms with Gasteiger partial charge < -0.3 is 10.1 Å². The van der Waals surface area contributed by atoms with Crippen LogP contribution in [0, 0.1) is 5.82 Å². The number of carbonyl (C=O) groups is 1. The number of guanidine groups is 1. The molecule has 1 fully saturated rings. The van der Waals surface area contributed by atoms with Gasteiger partial charge in [0.2, 0.25) is 5.96 Å². The molecule has 28 heavy (non-hydrogen) atoms. The Kier molecular flexibility index (Phi) is 6.76. The lowest BCUT2D eigenvalue weighted by molar-refractivity contribution is 0.0975. The second-order valence-corrected chi connectivity index (χ2v) is 7.19. The summed E-state index contributed by atoms with van der Waals surface area (Å²) in [5, 5.41) is 5.90. The number of nitrogens with one attached hydrogen (secondary N) is 2. The molecular formula is C22H26FN3O2. The van der Waals surface area contributed by atoms with E-state index in [1.54, 1.807) is 6.07 Å². The van der Waals surface area contributed by atoms with Gasteiger partial charge in [0.1, 0.15) is 5.82 Å². The summed E-state index contributed by atoms with van der Waals surface area (Å²) in [6.45, 7) is 5.47. The molecule has 2 N–H and O–H groups in total. The van der Waals surface area contributed by atoms with E-state index in [0.717, 1.165) is 25.1 Å². The Morgan fingerprint density at radius 3 is 2.68 bits per heavy atom. The molecule has 0 bridgehead atoms. The minimum atomic E-state index is -0.456. The van der Waals surface area contributed by atoms with Crippen LogP contribution >= 0.6 is 0 Å². The number of hydrogen-bond donors (Lipinski definition) is 2. The molecule has 2 aromatic carbocycles. The Balaban J connectivity index is 1.74. The number of nitrogens with zero attached hydrogens (tertiary/aromatic N) is 1. The maximum Gasteiger partial charge on any atom is 0.258 e. The first-order chi connectivity index (χ1) is 13.5. The topological polar surface area (TPSA) is 62.7 Å². The van der Waals surface area contributed by atoms with Gasteiger partial charge in [-0.2, -0.15) is 0 Å². The lowest BCUT2D eigenvalue weighted by Crippen LogP contribution is -2.36. The Morgan fingerprint density at radius 2 is 2.04 bits per heavy atom. The average molecular weight is 383 g/mol. The molecule has 1 heterocycles. The molecule has 1 aliphatic heterocycles. The van der Waals surface area contributed by atoms with Crippen LogP contribution in [0.2, 0.25) is 0 Å². The van der Waals surface area contributed by atoms with E-state index < -0.39 is 11.7 Å². The largest absolute Gasteiger partial charge is 0.376 e. The van der Waals surface area contributed by atoms with Crippen molar-refractivity contribution in [1.82, 2.24) is 5.32 Å². The van der Waals surface area contributed by atoms with E-state index in [2.05, 4.69) is 29.5 Å². The molecular weight excluding hydrogens is 357 g/mol. The molecule has 0 radical (unpaired) electrons. The van der Waals surface area contributed by atoms with Gasteiger partial charge in [0.05, 0.1) is 12.6 Å². The lowest BCUT2D eigenvalue weighted by Gasteiger charge is -2.14. The molecule has 0 unspecified atom stereocenters. The maximum atomic E-state index is 13.4. The number of halogens is 1. The van der Waals surface area contributed by atoms with Crippen molar-refractivity contribution >= 4 is 17.6 Å². The molecule has 1 atom stereocenters. The highest BCUT2D eigenvalue weighted by molar-refractivity contribution is 6.09. The van der Waals surface area contributed by atoms with Gasteiger partial charge in [-0.05, 0) is 54.7 Å². The normalized spacial score (nSPS) is 17.0. The van der Waals surface area contributed by atoms with Crippen LogP contribution in [0.25, 0.3) is 0 Å². The fourth-order valence-corrected chi connectivity index (χ4v) is 2.99. The lowest BCUT2D eigenvalue weighted by atomic mass is 10.0. The van der Waals surface area contributed by atoms with Crippen LogP contribution in [0.5, 0.6) is 0 Å². The van der Waals surface area contributed by atoms with Gasteiger partial charge in [-0.15, -0.1) is 0 Å². The molecule has 6 heteroatoms. The highest BCUT2D eigenvalue weighted by Crippen LogP contribution is 2.17. The molecule has 2 aromatic rings. The zero-order valence-corrected chi connectivity index (χ0v) is 16.2. The monoisotopic (exact) mass is 383 g/mol. The number of anilines is 1. The van der Waals surface area contributed by atoms with Crippen LogP contribution in [0.3, 0.4) is 0 Å². The number of carbonyl (C=O) groups excluding carboxylic acids is 1. The molecule has 5 nitrogen and oxygen atoms in total. The summed E-state index contributed by atoms with van der Waals surface area (Å²) in [5.41, 5.74) is 2.28. The molecule has 0 saturated carbocycles. The third-order valence-electron chi connectivity index (χ3n) is 4.64. The van der Waals surface area contributed by atoms with Gasteiger partial charge in [-0.3, -0.25) is 10.1 Å². The van der Waals surface area contributed by atoms with E-state index in [0.29, 0.717) is 18.4 Å². The fraction of sp³-hybridized carbons (Fsp3) is 0.364. The molecule has 0 aromatic heterocycles. The van der Waals surface area contributed by atoms with Crippen molar-refractivity contribution in [3.8, 4) is 0 Å². The van der Waals surface area contributed by atoms with Crippen LogP contribution in [0.15, 0.2) is 53.5 Å². The molecule has 148 valence electrons. The number of ether oxygens (including phenoxy) is 1. The maximum absolute atomic E-state index is 13.4. The fourth-order valence-electron chi connectivity index (χ4n) is 2.99. The van der Waals surface area contributed by atoms with Crippen LogP contribution < -0.4 is 10.6 Å². The second-order valence-electron chi connectivity index (χ2n) is 7.19. The van der Waals surface area contributed by atoms with Crippen molar-refractivity contribution in [2.75, 3.05) is 18.5 Å². The van der Waals surface area contributed by atoms with E-state index in [4.69, 9.17) is 4.74 Å². The summed E-state index contributed by atoms with van der Waals surface area (Å²) in [5.74, 6) is -0.115. The molecule has 0 aliphatic carbocycles. The number of hydrogen-bond acceptors (Lipinski definition) is 3. The first-order valence-electron chi connectivity index (χ1n) is 9.61. The predicted molar refractivity (Wildman–Crippen MR) is 109 cm³/mol. The van der Waals surface area contributed by atoms with Gasteiger partial charge in [0, 0.05) is 17.9 Å². The number of aliphatic imine (C=N–C) groups is 1. The average Bonchev–Trinajstić information content (AvgIpc) is 3.20. The third kappa shape index (κ3) is 5.63. The van der Waals surface area contributed by atoms with Gasteiger partial charge in [0.15, 0.2) is 0 Å². The molecule has 1 saturated heterocycles. The van der Waals surface area contributed by atoms with Crippen molar-refractivity contribution in [2.24, 2.45) is 4.99 Å². The van der Waals surface area contributed by atoms with Crippen LogP contribution in [-0.2, 0) is 4.74 Å². The summed E-state index contributed by atoms with van der Waals surface area (Å²) < 4.78 is 19.0. The van der Waals surface area contributed by atoms with Crippen molar-refractivity contribution in [2.45, 2.75) is 38.7 Å². The van der Waals surface area contributed by atoms with E-state index in [1.807, 2.05) is 24.3 Å². The van der Waals surface area contributed by atoms with Gasteiger partial charge in [-0.25, -0.2) is 9.38 Å². The van der Waals surface area contributed by atoms with Crippen molar-refractivity contribution in [1.29, 1.82) is 0 Å². The highest BCUT2D eigenvalue weighted by atomic mass is 19.1. The van der Waals surface area contributed by atoms with Crippen molar-refractivity contribution < 1.29 is 13.9 Å². The number of benzene rings is 2. The highest BCUT2D eigenvalue weighted by Gasteiger charge is 2.16. The third-order valence-corrected chi connectivity index (χ3v) is 4.64. The van der Waals surface area contributed by atoms with E-state index >= 15 is 0 Å². The first kappa shape index (κ1) is 20.0. The summed E-state index contributed by atoms with van der Waals surface area (Å²) in [7, 11) is 0.